The van der Waals surface area contributed by atoms with Crippen LogP contribution < -0.4 is 16.4 Å². The smallest absolute Gasteiger partial charge is 0.237 e. The monoisotopic (exact) mass is 421 g/mol. The lowest BCUT2D eigenvalue weighted by atomic mass is 9.97. The van der Waals surface area contributed by atoms with E-state index in [1.54, 1.807) is 18.3 Å². The minimum Gasteiger partial charge on any atom is -0.375 e. The number of nitrogens with zero attached hydrogens (tertiary/aromatic N) is 2. The van der Waals surface area contributed by atoms with Crippen LogP contribution in [0.15, 0.2) is 30.5 Å². The second-order valence-corrected chi connectivity index (χ2v) is 7.78. The van der Waals surface area contributed by atoms with Crippen LogP contribution in [-0.4, -0.2) is 47.4 Å². The SMILES string of the molecule is CCN(CC)[C@@H](C)C(=O)NC[C@H](C(=O)NCc1cnc(N)s1)c1cccc(F)c1. The number of amides is 2. The molecule has 0 saturated heterocycles. The first-order chi connectivity index (χ1) is 13.8. The Labute approximate surface area is 174 Å². The minimum absolute atomic E-state index is 0.0740. The molecule has 0 fully saturated rings. The van der Waals surface area contributed by atoms with Crippen LogP contribution in [0.25, 0.3) is 0 Å². The van der Waals surface area contributed by atoms with E-state index in [2.05, 4.69) is 15.6 Å². The summed E-state index contributed by atoms with van der Waals surface area (Å²) in [7, 11) is 0. The second kappa shape index (κ2) is 10.9. The standard InChI is InChI=1S/C20H28FN5O2S/c1-4-26(5-2)13(3)18(27)24-12-17(14-7-6-8-15(21)9-14)19(28)23-10-16-11-25-20(22)29-16/h6-9,11,13,17H,4-5,10,12H2,1-3H3,(H2,22,25)(H,23,28)(H,24,27)/t13-,17-/m0/s1. The van der Waals surface area contributed by atoms with Crippen LogP contribution in [0.2, 0.25) is 0 Å². The number of hydrogen-bond donors (Lipinski definition) is 3. The highest BCUT2D eigenvalue weighted by Crippen LogP contribution is 2.18. The van der Waals surface area contributed by atoms with Crippen molar-refractivity contribution in [1.82, 2.24) is 20.5 Å². The van der Waals surface area contributed by atoms with Crippen molar-refractivity contribution in [2.45, 2.75) is 39.3 Å². The van der Waals surface area contributed by atoms with Gasteiger partial charge < -0.3 is 16.4 Å². The van der Waals surface area contributed by atoms with Gasteiger partial charge in [0.05, 0.1) is 18.5 Å². The van der Waals surface area contributed by atoms with Crippen molar-refractivity contribution < 1.29 is 14.0 Å². The van der Waals surface area contributed by atoms with E-state index in [1.165, 1.54) is 23.5 Å². The first-order valence-corrected chi connectivity index (χ1v) is 10.4. The molecule has 158 valence electrons. The Balaban J connectivity index is 2.08. The maximum Gasteiger partial charge on any atom is 0.237 e. The quantitative estimate of drug-likeness (QED) is 0.546. The summed E-state index contributed by atoms with van der Waals surface area (Å²) in [5.41, 5.74) is 6.11. The van der Waals surface area contributed by atoms with Gasteiger partial charge in [0, 0.05) is 17.6 Å². The molecule has 1 aromatic carbocycles. The van der Waals surface area contributed by atoms with E-state index in [1.807, 2.05) is 25.7 Å². The highest BCUT2D eigenvalue weighted by Gasteiger charge is 2.24. The summed E-state index contributed by atoms with van der Waals surface area (Å²) >= 11 is 1.29. The van der Waals surface area contributed by atoms with Crippen molar-refractivity contribution in [3.63, 3.8) is 0 Å². The third kappa shape index (κ3) is 6.50. The van der Waals surface area contributed by atoms with Gasteiger partial charge in [0.25, 0.3) is 0 Å². The summed E-state index contributed by atoms with van der Waals surface area (Å²) < 4.78 is 13.7. The maximum absolute atomic E-state index is 13.7. The van der Waals surface area contributed by atoms with Crippen molar-refractivity contribution in [2.24, 2.45) is 0 Å². The van der Waals surface area contributed by atoms with Crippen molar-refractivity contribution in [1.29, 1.82) is 0 Å². The van der Waals surface area contributed by atoms with E-state index in [9.17, 15) is 14.0 Å². The first-order valence-electron chi connectivity index (χ1n) is 9.60. The molecule has 1 aromatic heterocycles. The van der Waals surface area contributed by atoms with E-state index in [4.69, 9.17) is 5.73 Å². The number of carbonyl (C=O) groups is 2. The Morgan fingerprint density at radius 3 is 2.55 bits per heavy atom. The Hall–Kier alpha value is -2.52. The second-order valence-electron chi connectivity index (χ2n) is 6.63. The predicted octanol–water partition coefficient (Wildman–Crippen LogP) is 2.11. The third-order valence-electron chi connectivity index (χ3n) is 4.80. The van der Waals surface area contributed by atoms with Crippen LogP contribution in [0.1, 0.15) is 37.1 Å². The van der Waals surface area contributed by atoms with Gasteiger partial charge in [-0.2, -0.15) is 0 Å². The van der Waals surface area contributed by atoms with Gasteiger partial charge in [-0.05, 0) is 37.7 Å². The lowest BCUT2D eigenvalue weighted by Crippen LogP contribution is -2.47. The van der Waals surface area contributed by atoms with Gasteiger partial charge in [-0.25, -0.2) is 9.37 Å². The van der Waals surface area contributed by atoms with Gasteiger partial charge in [-0.3, -0.25) is 14.5 Å². The van der Waals surface area contributed by atoms with Gasteiger partial charge in [-0.1, -0.05) is 26.0 Å². The number of hydrogen-bond acceptors (Lipinski definition) is 6. The zero-order valence-corrected chi connectivity index (χ0v) is 17.8. The molecule has 2 aromatic rings. The number of nitrogens with one attached hydrogen (secondary N) is 2. The number of likely N-dealkylation sites (N-methyl/N-ethyl adjacent to an activating group) is 1. The molecule has 9 heteroatoms. The minimum atomic E-state index is -0.719. The zero-order valence-electron chi connectivity index (χ0n) is 16.9. The number of thiazole rings is 1. The highest BCUT2D eigenvalue weighted by molar-refractivity contribution is 7.15. The van der Waals surface area contributed by atoms with Gasteiger partial charge in [0.15, 0.2) is 5.13 Å². The summed E-state index contributed by atoms with van der Waals surface area (Å²) in [6, 6.07) is 5.54. The molecule has 0 bridgehead atoms. The molecule has 2 amide bonds. The molecule has 0 unspecified atom stereocenters. The third-order valence-corrected chi connectivity index (χ3v) is 5.62. The van der Waals surface area contributed by atoms with Crippen LogP contribution in [0.3, 0.4) is 0 Å². The number of rotatable bonds is 10. The molecular formula is C20H28FN5O2S. The van der Waals surface area contributed by atoms with Gasteiger partial charge in [0.1, 0.15) is 5.82 Å². The van der Waals surface area contributed by atoms with Crippen LogP contribution in [0, 0.1) is 5.82 Å². The molecule has 0 radical (unpaired) electrons. The van der Waals surface area contributed by atoms with Crippen LogP contribution in [0.4, 0.5) is 9.52 Å². The molecular weight excluding hydrogens is 393 g/mol. The molecule has 0 aliphatic rings. The number of halogens is 1. The van der Waals surface area contributed by atoms with Crippen LogP contribution >= 0.6 is 11.3 Å². The predicted molar refractivity (Wildman–Crippen MR) is 113 cm³/mol. The highest BCUT2D eigenvalue weighted by atomic mass is 32.1. The number of aromatic nitrogens is 1. The number of nitrogens with two attached hydrogens (primary N) is 1. The van der Waals surface area contributed by atoms with Gasteiger partial charge in [0.2, 0.25) is 11.8 Å². The number of carbonyl (C=O) groups excluding carboxylic acids is 2. The van der Waals surface area contributed by atoms with Gasteiger partial charge >= 0.3 is 0 Å². The van der Waals surface area contributed by atoms with Crippen LogP contribution in [0.5, 0.6) is 0 Å². The summed E-state index contributed by atoms with van der Waals surface area (Å²) in [6.07, 6.45) is 1.60. The Morgan fingerprint density at radius 2 is 1.97 bits per heavy atom. The van der Waals surface area contributed by atoms with Crippen molar-refractivity contribution in [2.75, 3.05) is 25.4 Å². The molecule has 0 aliphatic heterocycles. The summed E-state index contributed by atoms with van der Waals surface area (Å²) in [4.78, 5) is 32.1. The fraction of sp³-hybridized carbons (Fsp3) is 0.450. The average molecular weight is 422 g/mol. The van der Waals surface area contributed by atoms with Crippen molar-refractivity contribution >= 4 is 28.3 Å². The molecule has 7 nitrogen and oxygen atoms in total. The normalized spacial score (nSPS) is 13.1. The summed E-state index contributed by atoms with van der Waals surface area (Å²) in [5, 5.41) is 6.08. The maximum atomic E-state index is 13.7. The van der Waals surface area contributed by atoms with Gasteiger partial charge in [-0.15, -0.1) is 11.3 Å². The zero-order chi connectivity index (χ0) is 21.4. The first kappa shape index (κ1) is 22.8. The number of benzene rings is 1. The van der Waals surface area contributed by atoms with E-state index in [0.717, 1.165) is 18.0 Å². The van der Waals surface area contributed by atoms with Crippen molar-refractivity contribution in [3.8, 4) is 0 Å². The molecule has 0 aliphatic carbocycles. The molecule has 2 atom stereocenters. The molecule has 4 N–H and O–H groups in total. The summed E-state index contributed by atoms with van der Waals surface area (Å²) in [6.45, 7) is 7.64. The fourth-order valence-electron chi connectivity index (χ4n) is 3.07. The lowest BCUT2D eigenvalue weighted by Gasteiger charge is -2.26. The van der Waals surface area contributed by atoms with E-state index in [0.29, 0.717) is 10.7 Å². The fourth-order valence-corrected chi connectivity index (χ4v) is 3.70. The average Bonchev–Trinajstić information content (AvgIpc) is 3.12. The Kier molecular flexibility index (Phi) is 8.53. The molecule has 1 heterocycles. The number of nitrogen functional groups attached to an aromatic ring is 1. The van der Waals surface area contributed by atoms with Crippen molar-refractivity contribution in [3.05, 3.63) is 46.7 Å². The van der Waals surface area contributed by atoms with Crippen LogP contribution in [-0.2, 0) is 16.1 Å². The van der Waals surface area contributed by atoms with E-state index >= 15 is 0 Å². The largest absolute Gasteiger partial charge is 0.375 e. The molecule has 0 spiro atoms. The molecule has 2 rings (SSSR count). The topological polar surface area (TPSA) is 100 Å². The van der Waals surface area contributed by atoms with E-state index in [-0.39, 0.29) is 30.9 Å². The summed E-state index contributed by atoms with van der Waals surface area (Å²) in [5.74, 6) is -1.63. The Morgan fingerprint density at radius 1 is 1.24 bits per heavy atom. The Bertz CT molecular complexity index is 825. The molecule has 29 heavy (non-hydrogen) atoms. The lowest BCUT2D eigenvalue weighted by molar-refractivity contribution is -0.126. The molecule has 0 saturated carbocycles. The number of anilines is 1. The van der Waals surface area contributed by atoms with E-state index < -0.39 is 11.7 Å².